The predicted molar refractivity (Wildman–Crippen MR) is 342 cm³/mol. The van der Waals surface area contributed by atoms with Crippen LogP contribution in [0.3, 0.4) is 0 Å². The van der Waals surface area contributed by atoms with Gasteiger partial charge in [-0.1, -0.05) is 60.7 Å². The van der Waals surface area contributed by atoms with Crippen LogP contribution in [0.25, 0.3) is 20.9 Å². The maximum absolute atomic E-state index is 13.0. The van der Waals surface area contributed by atoms with Crippen LogP contribution in [0.2, 0.25) is 0 Å². The molecule has 0 saturated carbocycles. The number of carbonyl (C=O) groups excluding carboxylic acids is 6. The van der Waals surface area contributed by atoms with Gasteiger partial charge in [0.2, 0.25) is 11.8 Å². The molecule has 92 heavy (non-hydrogen) atoms. The molecular weight excluding hydrogens is 1280 g/mol. The summed E-state index contributed by atoms with van der Waals surface area (Å²) in [6.45, 7) is 1.46. The van der Waals surface area contributed by atoms with Crippen molar-refractivity contribution in [2.45, 2.75) is 112 Å². The number of rotatable bonds is 34. The highest BCUT2D eigenvalue weighted by molar-refractivity contribution is 7.99. The Hall–Kier alpha value is -6.88. The molecule has 498 valence electrons. The van der Waals surface area contributed by atoms with Crippen molar-refractivity contribution in [3.63, 3.8) is 0 Å². The van der Waals surface area contributed by atoms with Crippen molar-refractivity contribution >= 4 is 93.6 Å². The largest absolute Gasteiger partial charge is 0.477 e. The molecule has 7 rings (SSSR count). The van der Waals surface area contributed by atoms with E-state index in [0.29, 0.717) is 56.7 Å². The molecule has 12 atom stereocenters. The van der Waals surface area contributed by atoms with Crippen molar-refractivity contribution in [1.29, 1.82) is 0 Å². The van der Waals surface area contributed by atoms with Crippen LogP contribution in [0, 0.1) is 0 Å². The second kappa shape index (κ2) is 34.9. The van der Waals surface area contributed by atoms with Crippen LogP contribution >= 0.6 is 46.2 Å². The second-order valence-electron chi connectivity index (χ2n) is 21.6. The predicted octanol–water partition coefficient (Wildman–Crippen LogP) is 2.06. The first kappa shape index (κ1) is 72.5. The van der Waals surface area contributed by atoms with Gasteiger partial charge in [0.15, 0.2) is 0 Å². The van der Waals surface area contributed by atoms with Gasteiger partial charge in [-0.15, -0.1) is 22.7 Å². The number of nitrogens with one attached hydrogen (secondary N) is 6. The number of thioether (sulfide) groups is 2. The highest BCUT2D eigenvalue weighted by Crippen LogP contribution is 2.36. The standard InChI is InChI=1S/C62H76N6O20S4/c1-35(69)67-49-41(71)31-61(59(81)82,87-53(49)51(75)43(73)33-65-57(79)47-21-19-45(91-47)37-11-5-3-6-12-37)85-25-9-27-89-29-23-63-55(77)39-15-17-40(18-16-39)56(78)64-24-30-90-28-10-26-86-62(60(83)84)32-42(72)50(68-36(2)70)54(88-62)52(76)44(74)34-66-58(80)48-22-20-46(92-48)38-13-7-4-8-14-38/h3-8,11-22,41-44,49-54,71-76H,9-10,23-34H2,1-2H3,(H,63,77)(H,64,78)(H,65,79)(H,66,80)(H,67,69)(H,68,70)(H,81,82)(H,83,84)/t41-,42-,43+,44+,49+,50+,51+,52+,53+,54+,61+,62+/m0/s1. The Balaban J connectivity index is 0.773. The first-order chi connectivity index (χ1) is 44.0. The van der Waals surface area contributed by atoms with Crippen LogP contribution < -0.4 is 31.9 Å². The van der Waals surface area contributed by atoms with Crippen LogP contribution in [-0.2, 0) is 38.1 Å². The maximum atomic E-state index is 13.0. The van der Waals surface area contributed by atoms with E-state index in [1.54, 1.807) is 24.3 Å². The lowest BCUT2D eigenvalue weighted by molar-refractivity contribution is -0.310. The molecule has 2 saturated heterocycles. The first-order valence-electron chi connectivity index (χ1n) is 29.4. The Bertz CT molecular complexity index is 3060. The molecule has 6 amide bonds. The van der Waals surface area contributed by atoms with Crippen LogP contribution in [0.15, 0.2) is 109 Å². The van der Waals surface area contributed by atoms with Gasteiger partial charge in [-0.2, -0.15) is 23.5 Å². The summed E-state index contributed by atoms with van der Waals surface area (Å²) < 4.78 is 23.2. The topological polar surface area (TPSA) is 408 Å². The third kappa shape index (κ3) is 20.1. The minimum absolute atomic E-state index is 0.181. The molecule has 3 aromatic carbocycles. The summed E-state index contributed by atoms with van der Waals surface area (Å²) in [5.74, 6) is -9.55. The fourth-order valence-corrected chi connectivity index (χ4v) is 13.4. The number of ether oxygens (including phenoxy) is 4. The highest BCUT2D eigenvalue weighted by atomic mass is 32.2. The van der Waals surface area contributed by atoms with Gasteiger partial charge in [0.1, 0.15) is 24.4 Å². The van der Waals surface area contributed by atoms with Crippen molar-refractivity contribution in [2.24, 2.45) is 0 Å². The van der Waals surface area contributed by atoms with Crippen LogP contribution in [0.4, 0.5) is 0 Å². The summed E-state index contributed by atoms with van der Waals surface area (Å²) in [6.07, 6.45) is -14.6. The maximum Gasteiger partial charge on any atom is 0.364 e. The lowest BCUT2D eigenvalue weighted by Crippen LogP contribution is -2.68. The van der Waals surface area contributed by atoms with E-state index in [4.69, 9.17) is 18.9 Å². The average Bonchev–Trinajstić information content (AvgIpc) is 1.00. The van der Waals surface area contributed by atoms with E-state index in [9.17, 15) is 79.2 Å². The number of amides is 6. The van der Waals surface area contributed by atoms with E-state index in [1.807, 2.05) is 60.7 Å². The molecule has 0 unspecified atom stereocenters. The molecule has 2 fully saturated rings. The SMILES string of the molecule is CC(=O)N[C@H]1[C@H]([C@H](O)[C@H](O)CNC(=O)c2ccc(-c3ccccc3)s2)O[C@@](OCCCSCCNC(=O)c2ccc(C(=O)NCCSCCCO[C@]3(C(=O)O)C[C@H](O)[C@@H](NC(C)=O)[C@H]([C@H](O)[C@H](O)CNC(=O)c4ccc(-c5ccccc5)s4)O3)cc2)(C(=O)O)C[C@@H]1O. The lowest BCUT2D eigenvalue weighted by Gasteiger charge is -2.46. The minimum atomic E-state index is -2.49. The third-order valence-electron chi connectivity index (χ3n) is 14.7. The lowest BCUT2D eigenvalue weighted by atomic mass is 9.88. The van der Waals surface area contributed by atoms with Crippen molar-refractivity contribution in [3.8, 4) is 20.9 Å². The van der Waals surface area contributed by atoms with Gasteiger partial charge in [0.25, 0.3) is 35.2 Å². The summed E-state index contributed by atoms with van der Waals surface area (Å²) in [5.41, 5.74) is 2.40. The third-order valence-corrected chi connectivity index (χ3v) is 19.1. The molecule has 2 aliphatic rings. The van der Waals surface area contributed by atoms with E-state index in [-0.39, 0.29) is 26.3 Å². The van der Waals surface area contributed by atoms with Crippen LogP contribution in [-0.4, -0.2) is 223 Å². The smallest absolute Gasteiger partial charge is 0.364 e. The van der Waals surface area contributed by atoms with Crippen molar-refractivity contribution in [3.05, 3.63) is 130 Å². The fourth-order valence-electron chi connectivity index (χ4n) is 10.0. The molecule has 0 bridgehead atoms. The summed E-state index contributed by atoms with van der Waals surface area (Å²) >= 11 is 5.28. The van der Waals surface area contributed by atoms with Crippen LogP contribution in [0.5, 0.6) is 0 Å². The molecule has 0 radical (unpaired) electrons. The van der Waals surface area contributed by atoms with Gasteiger partial charge < -0.3 is 91.7 Å². The van der Waals surface area contributed by atoms with Gasteiger partial charge in [0, 0.05) is 85.3 Å². The molecule has 5 aromatic rings. The zero-order valence-electron chi connectivity index (χ0n) is 50.2. The highest BCUT2D eigenvalue weighted by Gasteiger charge is 2.57. The van der Waals surface area contributed by atoms with Crippen LogP contribution in [0.1, 0.15) is 79.6 Å². The van der Waals surface area contributed by atoms with Gasteiger partial charge in [-0.3, -0.25) is 28.8 Å². The molecule has 0 spiro atoms. The van der Waals surface area contributed by atoms with Crippen molar-refractivity contribution in [2.75, 3.05) is 62.4 Å². The quantitative estimate of drug-likeness (QED) is 0.0262. The Morgan fingerprint density at radius 2 is 0.891 bits per heavy atom. The number of aliphatic carboxylic acids is 2. The number of hydrogen-bond donors (Lipinski definition) is 14. The number of aliphatic hydroxyl groups is 6. The molecule has 26 nitrogen and oxygen atoms in total. The molecule has 30 heteroatoms. The molecule has 2 aromatic heterocycles. The zero-order chi connectivity index (χ0) is 66.5. The monoisotopic (exact) mass is 1350 g/mol. The normalized spacial score (nSPS) is 22.6. The minimum Gasteiger partial charge on any atom is -0.477 e. The van der Waals surface area contributed by atoms with E-state index in [2.05, 4.69) is 31.9 Å². The van der Waals surface area contributed by atoms with Gasteiger partial charge in [0.05, 0.1) is 59.5 Å². The Morgan fingerprint density at radius 3 is 1.24 bits per heavy atom. The fraction of sp³-hybridized carbons (Fsp3) is 0.452. The molecule has 4 heterocycles. The molecule has 2 aliphatic heterocycles. The number of carboxylic acid groups (broad SMARTS) is 2. The average molecular weight is 1350 g/mol. The Morgan fingerprint density at radius 1 is 0.522 bits per heavy atom. The first-order valence-corrected chi connectivity index (χ1v) is 33.4. The summed E-state index contributed by atoms with van der Waals surface area (Å²) in [7, 11) is 0. The summed E-state index contributed by atoms with van der Waals surface area (Å²) in [5, 5.41) is 103. The Labute approximate surface area is 546 Å². The molecule has 0 aliphatic carbocycles. The van der Waals surface area contributed by atoms with Crippen molar-refractivity contribution in [1.82, 2.24) is 31.9 Å². The van der Waals surface area contributed by atoms with Gasteiger partial charge in [-0.05, 0) is 84.0 Å². The number of carboxylic acids is 2. The summed E-state index contributed by atoms with van der Waals surface area (Å²) in [4.78, 5) is 104. The molecule has 14 N–H and O–H groups in total. The number of thiophene rings is 2. The molecular formula is C62H76N6O20S4. The number of hydrogen-bond acceptors (Lipinski definition) is 22. The second-order valence-corrected chi connectivity index (χ2v) is 26.2. The Kier molecular flexibility index (Phi) is 27.5. The van der Waals surface area contributed by atoms with E-state index in [1.165, 1.54) is 70.5 Å². The van der Waals surface area contributed by atoms with Gasteiger partial charge in [-0.25, -0.2) is 9.59 Å². The summed E-state index contributed by atoms with van der Waals surface area (Å²) in [6, 6.07) is 28.8. The van der Waals surface area contributed by atoms with E-state index < -0.39 is 146 Å². The van der Waals surface area contributed by atoms with E-state index in [0.717, 1.165) is 34.7 Å². The number of aliphatic hydroxyl groups excluding tert-OH is 6. The zero-order valence-corrected chi connectivity index (χ0v) is 53.4. The number of carbonyl (C=O) groups is 8. The number of benzene rings is 3. The van der Waals surface area contributed by atoms with E-state index >= 15 is 0 Å². The van der Waals surface area contributed by atoms with Gasteiger partial charge >= 0.3 is 11.9 Å². The van der Waals surface area contributed by atoms with Crippen molar-refractivity contribution < 1.29 is 98.2 Å².